The second-order valence-electron chi connectivity index (χ2n) is 8.47. The van der Waals surface area contributed by atoms with Crippen LogP contribution in [0.1, 0.15) is 42.5 Å². The maximum absolute atomic E-state index is 13.1. The van der Waals surface area contributed by atoms with Gasteiger partial charge in [0.1, 0.15) is 6.29 Å². The highest BCUT2D eigenvalue weighted by Crippen LogP contribution is 2.33. The maximum Gasteiger partial charge on any atom is 0.251 e. The van der Waals surface area contributed by atoms with E-state index >= 15 is 0 Å². The van der Waals surface area contributed by atoms with Crippen molar-refractivity contribution in [1.82, 2.24) is 4.98 Å². The minimum Gasteiger partial charge on any atom is -0.375 e. The van der Waals surface area contributed by atoms with Crippen LogP contribution in [0.2, 0.25) is 0 Å². The summed E-state index contributed by atoms with van der Waals surface area (Å²) in [5, 5.41) is 6.28. The zero-order chi connectivity index (χ0) is 23.0. The van der Waals surface area contributed by atoms with Gasteiger partial charge in [-0.3, -0.25) is 9.78 Å². The molecule has 1 unspecified atom stereocenters. The Labute approximate surface area is 195 Å². The lowest BCUT2D eigenvalue weighted by molar-refractivity contribution is -0.113. The highest BCUT2D eigenvalue weighted by molar-refractivity contribution is 6.09. The number of aromatic nitrogens is 1. The van der Waals surface area contributed by atoms with Crippen LogP contribution in [0.15, 0.2) is 78.5 Å². The van der Waals surface area contributed by atoms with Gasteiger partial charge in [-0.15, -0.1) is 0 Å². The second kappa shape index (κ2) is 10.7. The molecule has 5 nitrogen and oxygen atoms in total. The molecule has 4 rings (SSSR count). The Hall–Kier alpha value is -3.73. The van der Waals surface area contributed by atoms with Crippen molar-refractivity contribution in [2.24, 2.45) is 0 Å². The smallest absolute Gasteiger partial charge is 0.251 e. The standard InChI is InChI=1S/C28H29N3O2/c1-20-9-11-21(12-10-20)26-7-2-3-8-27(26)28(33)31-23-15-13-22(14-16-23)30-25(19-32)18-24-6-4-5-17-29-24/h4-6,9-17,19,25,30H,2-3,7-8,18H2,1H3,(H,31,33). The summed E-state index contributed by atoms with van der Waals surface area (Å²) in [7, 11) is 0. The Bertz CT molecular complexity index is 1120. The van der Waals surface area contributed by atoms with Gasteiger partial charge in [0.2, 0.25) is 0 Å². The molecule has 5 heteroatoms. The number of allylic oxidation sites excluding steroid dienone is 1. The Morgan fingerprint density at radius 3 is 2.39 bits per heavy atom. The van der Waals surface area contributed by atoms with Gasteiger partial charge >= 0.3 is 0 Å². The van der Waals surface area contributed by atoms with Gasteiger partial charge in [0, 0.05) is 35.3 Å². The van der Waals surface area contributed by atoms with Crippen LogP contribution in [0.5, 0.6) is 0 Å². The molecule has 168 valence electrons. The van der Waals surface area contributed by atoms with Gasteiger partial charge in [0.05, 0.1) is 6.04 Å². The number of aryl methyl sites for hydroxylation is 1. The van der Waals surface area contributed by atoms with E-state index in [1.807, 2.05) is 42.5 Å². The van der Waals surface area contributed by atoms with Crippen LogP contribution < -0.4 is 10.6 Å². The molecule has 0 fully saturated rings. The molecule has 0 aliphatic heterocycles. The van der Waals surface area contributed by atoms with Crippen molar-refractivity contribution < 1.29 is 9.59 Å². The molecular weight excluding hydrogens is 410 g/mol. The zero-order valence-corrected chi connectivity index (χ0v) is 18.9. The number of hydrogen-bond acceptors (Lipinski definition) is 4. The largest absolute Gasteiger partial charge is 0.375 e. The van der Waals surface area contributed by atoms with E-state index in [0.717, 1.165) is 65.7 Å². The van der Waals surface area contributed by atoms with Gasteiger partial charge in [0.15, 0.2) is 0 Å². The lowest BCUT2D eigenvalue weighted by Gasteiger charge is -2.21. The van der Waals surface area contributed by atoms with E-state index in [-0.39, 0.29) is 11.9 Å². The molecule has 1 aliphatic carbocycles. The number of nitrogens with one attached hydrogen (secondary N) is 2. The highest BCUT2D eigenvalue weighted by atomic mass is 16.1. The Morgan fingerprint density at radius 2 is 1.70 bits per heavy atom. The van der Waals surface area contributed by atoms with Gasteiger partial charge < -0.3 is 15.4 Å². The topological polar surface area (TPSA) is 71.1 Å². The summed E-state index contributed by atoms with van der Waals surface area (Å²) in [5.74, 6) is -0.0353. The molecule has 1 aliphatic rings. The Morgan fingerprint density at radius 1 is 0.970 bits per heavy atom. The molecule has 0 saturated heterocycles. The van der Waals surface area contributed by atoms with E-state index in [9.17, 15) is 9.59 Å². The predicted octanol–water partition coefficient (Wildman–Crippen LogP) is 5.58. The SMILES string of the molecule is Cc1ccc(C2=C(C(=O)Nc3ccc(NC(C=O)Cc4ccccn4)cc3)CCCC2)cc1. The minimum atomic E-state index is -0.371. The van der Waals surface area contributed by atoms with Gasteiger partial charge in [-0.1, -0.05) is 35.9 Å². The minimum absolute atomic E-state index is 0.0353. The monoisotopic (exact) mass is 439 g/mol. The summed E-state index contributed by atoms with van der Waals surface area (Å²) < 4.78 is 0. The average Bonchev–Trinajstić information content (AvgIpc) is 2.86. The van der Waals surface area contributed by atoms with Crippen LogP contribution >= 0.6 is 0 Å². The molecule has 1 amide bonds. The first-order valence-electron chi connectivity index (χ1n) is 11.4. The molecule has 1 aromatic heterocycles. The number of benzene rings is 2. The first-order valence-corrected chi connectivity index (χ1v) is 11.4. The highest BCUT2D eigenvalue weighted by Gasteiger charge is 2.20. The number of rotatable bonds is 8. The molecule has 0 radical (unpaired) electrons. The molecular formula is C28H29N3O2. The summed E-state index contributed by atoms with van der Waals surface area (Å²) >= 11 is 0. The quantitative estimate of drug-likeness (QED) is 0.450. The van der Waals surface area contributed by atoms with Gasteiger partial charge in [-0.25, -0.2) is 0 Å². The van der Waals surface area contributed by atoms with Crippen molar-refractivity contribution in [2.45, 2.75) is 45.1 Å². The van der Waals surface area contributed by atoms with Crippen LogP contribution in [-0.4, -0.2) is 23.2 Å². The van der Waals surface area contributed by atoms with E-state index in [4.69, 9.17) is 0 Å². The van der Waals surface area contributed by atoms with Gasteiger partial charge in [0.25, 0.3) is 5.91 Å². The fraction of sp³-hybridized carbons (Fsp3) is 0.250. The average molecular weight is 440 g/mol. The molecule has 2 aromatic carbocycles. The molecule has 2 N–H and O–H groups in total. The zero-order valence-electron chi connectivity index (χ0n) is 18.9. The van der Waals surface area contributed by atoms with E-state index in [1.165, 1.54) is 5.56 Å². The van der Waals surface area contributed by atoms with Crippen LogP contribution in [0.25, 0.3) is 5.57 Å². The number of amides is 1. The molecule has 0 spiro atoms. The van der Waals surface area contributed by atoms with Crippen LogP contribution in [-0.2, 0) is 16.0 Å². The van der Waals surface area contributed by atoms with E-state index in [2.05, 4.69) is 46.8 Å². The third kappa shape index (κ3) is 5.95. The first kappa shape index (κ1) is 22.5. The molecule has 33 heavy (non-hydrogen) atoms. The molecule has 0 bridgehead atoms. The summed E-state index contributed by atoms with van der Waals surface area (Å²) in [6, 6.07) is 21.2. The number of hydrogen-bond donors (Lipinski definition) is 2. The fourth-order valence-corrected chi connectivity index (χ4v) is 4.18. The number of anilines is 2. The number of carbonyl (C=O) groups is 2. The van der Waals surface area contributed by atoms with E-state index in [1.54, 1.807) is 6.20 Å². The van der Waals surface area contributed by atoms with Crippen molar-refractivity contribution >= 4 is 29.1 Å². The van der Waals surface area contributed by atoms with Crippen LogP contribution in [0.3, 0.4) is 0 Å². The van der Waals surface area contributed by atoms with Crippen molar-refractivity contribution in [1.29, 1.82) is 0 Å². The van der Waals surface area contributed by atoms with Crippen LogP contribution in [0, 0.1) is 6.92 Å². The third-order valence-electron chi connectivity index (χ3n) is 5.96. The summed E-state index contributed by atoms with van der Waals surface area (Å²) in [4.78, 5) is 28.9. The Balaban J connectivity index is 1.43. The van der Waals surface area contributed by atoms with Gasteiger partial charge in [-0.2, -0.15) is 0 Å². The lowest BCUT2D eigenvalue weighted by Crippen LogP contribution is -2.24. The normalized spacial score (nSPS) is 14.5. The van der Waals surface area contributed by atoms with Crippen molar-refractivity contribution in [2.75, 3.05) is 10.6 Å². The van der Waals surface area contributed by atoms with Crippen molar-refractivity contribution in [3.63, 3.8) is 0 Å². The first-order chi connectivity index (χ1) is 16.1. The van der Waals surface area contributed by atoms with Crippen LogP contribution in [0.4, 0.5) is 11.4 Å². The maximum atomic E-state index is 13.1. The van der Waals surface area contributed by atoms with E-state index in [0.29, 0.717) is 6.42 Å². The number of pyridine rings is 1. The molecule has 1 heterocycles. The molecule has 1 atom stereocenters. The summed E-state index contributed by atoms with van der Waals surface area (Å²) in [6.07, 6.45) is 6.99. The second-order valence-corrected chi connectivity index (χ2v) is 8.47. The van der Waals surface area contributed by atoms with Crippen molar-refractivity contribution in [3.05, 3.63) is 95.3 Å². The predicted molar refractivity (Wildman–Crippen MR) is 133 cm³/mol. The van der Waals surface area contributed by atoms with Gasteiger partial charge in [-0.05, 0) is 80.1 Å². The van der Waals surface area contributed by atoms with E-state index < -0.39 is 0 Å². The van der Waals surface area contributed by atoms with Crippen molar-refractivity contribution in [3.8, 4) is 0 Å². The number of carbonyl (C=O) groups excluding carboxylic acids is 2. The number of aldehydes is 1. The third-order valence-corrected chi connectivity index (χ3v) is 5.96. The fourth-order valence-electron chi connectivity index (χ4n) is 4.18. The molecule has 3 aromatic rings. The summed E-state index contributed by atoms with van der Waals surface area (Å²) in [5.41, 5.74) is 6.79. The summed E-state index contributed by atoms with van der Waals surface area (Å²) in [6.45, 7) is 2.07. The lowest BCUT2D eigenvalue weighted by atomic mass is 9.86. The number of nitrogens with zero attached hydrogens (tertiary/aromatic N) is 1. The Kier molecular flexibility index (Phi) is 7.30. The molecule has 0 saturated carbocycles.